The van der Waals surface area contributed by atoms with E-state index in [1.807, 2.05) is 13.0 Å². The predicted molar refractivity (Wildman–Crippen MR) is 125 cm³/mol. The lowest BCUT2D eigenvalue weighted by Crippen LogP contribution is -2.40. The van der Waals surface area contributed by atoms with Crippen LogP contribution in [0.1, 0.15) is 44.7 Å². The summed E-state index contributed by atoms with van der Waals surface area (Å²) in [6, 6.07) is 10.5. The highest BCUT2D eigenvalue weighted by atomic mass is 19.1. The highest BCUT2D eigenvalue weighted by molar-refractivity contribution is 5.77. The van der Waals surface area contributed by atoms with E-state index in [1.54, 1.807) is 30.0 Å². The van der Waals surface area contributed by atoms with E-state index in [1.165, 1.54) is 19.1 Å². The van der Waals surface area contributed by atoms with E-state index >= 15 is 0 Å². The molecule has 0 fully saturated rings. The van der Waals surface area contributed by atoms with E-state index in [-0.39, 0.29) is 25.3 Å². The third-order valence-corrected chi connectivity index (χ3v) is 5.72. The quantitative estimate of drug-likeness (QED) is 0.401. The summed E-state index contributed by atoms with van der Waals surface area (Å²) in [5, 5.41) is 9.45. The Hall–Kier alpha value is -3.00. The number of carboxylic acids is 1. The van der Waals surface area contributed by atoms with Gasteiger partial charge in [0.15, 0.2) is 0 Å². The molecule has 34 heavy (non-hydrogen) atoms. The lowest BCUT2D eigenvalue weighted by molar-refractivity contribution is -0.154. The molecular weight excluding hydrogens is 444 g/mol. The maximum Gasteiger partial charge on any atom is 0.347 e. The lowest BCUT2D eigenvalue weighted by Gasteiger charge is -2.25. The average Bonchev–Trinajstić information content (AvgIpc) is 2.80. The molecule has 0 saturated carbocycles. The van der Waals surface area contributed by atoms with Gasteiger partial charge < -0.3 is 19.5 Å². The molecule has 186 valence electrons. The molecule has 0 spiro atoms. The number of hydrogen-bond acceptors (Lipinski definition) is 4. The molecule has 0 bridgehead atoms. The number of benzene rings is 2. The molecule has 0 saturated heterocycles. The van der Waals surface area contributed by atoms with Crippen molar-refractivity contribution in [3.8, 4) is 5.75 Å². The molecular formula is C26H33F2NO5. The van der Waals surface area contributed by atoms with Crippen molar-refractivity contribution < 1.29 is 33.0 Å². The van der Waals surface area contributed by atoms with Crippen LogP contribution in [0.5, 0.6) is 5.75 Å². The SMILES string of the molecule is CCOCCC(=O)N(CCc1cccc(OC(C)(CC)C(=O)O)c1)CCc1ccc(F)cc1F. The van der Waals surface area contributed by atoms with Gasteiger partial charge in [-0.1, -0.05) is 25.1 Å². The highest BCUT2D eigenvalue weighted by Crippen LogP contribution is 2.23. The first-order valence-electron chi connectivity index (χ1n) is 11.5. The van der Waals surface area contributed by atoms with Crippen LogP contribution in [0.4, 0.5) is 8.78 Å². The Kier molecular flexibility index (Phi) is 10.4. The van der Waals surface area contributed by atoms with Crippen molar-refractivity contribution in [1.82, 2.24) is 4.90 Å². The summed E-state index contributed by atoms with van der Waals surface area (Å²) in [4.78, 5) is 26.0. The number of rotatable bonds is 14. The van der Waals surface area contributed by atoms with Gasteiger partial charge in [-0.2, -0.15) is 0 Å². The molecule has 2 aromatic carbocycles. The molecule has 0 radical (unpaired) electrons. The molecule has 0 aliphatic carbocycles. The van der Waals surface area contributed by atoms with Crippen molar-refractivity contribution in [2.45, 2.75) is 52.1 Å². The number of nitrogens with zero attached hydrogens (tertiary/aromatic N) is 1. The normalized spacial score (nSPS) is 12.7. The third kappa shape index (κ3) is 8.09. The summed E-state index contributed by atoms with van der Waals surface area (Å²) < 4.78 is 38.3. The van der Waals surface area contributed by atoms with Crippen molar-refractivity contribution >= 4 is 11.9 Å². The Morgan fingerprint density at radius 2 is 1.79 bits per heavy atom. The molecule has 1 unspecified atom stereocenters. The van der Waals surface area contributed by atoms with E-state index in [4.69, 9.17) is 9.47 Å². The van der Waals surface area contributed by atoms with Crippen LogP contribution in [-0.4, -0.2) is 53.8 Å². The van der Waals surface area contributed by atoms with Crippen molar-refractivity contribution in [2.24, 2.45) is 0 Å². The van der Waals surface area contributed by atoms with Gasteiger partial charge in [0.25, 0.3) is 0 Å². The minimum absolute atomic E-state index is 0.118. The van der Waals surface area contributed by atoms with Crippen LogP contribution in [0.15, 0.2) is 42.5 Å². The standard InChI is InChI=1S/C26H33F2NO5/c1-4-26(3,25(31)32)34-22-8-6-7-19(17-22)11-14-29(24(30)13-16-33-5-2)15-12-20-9-10-21(27)18-23(20)28/h6-10,17-18H,4-5,11-16H2,1-3H3,(H,31,32). The predicted octanol–water partition coefficient (Wildman–Crippen LogP) is 4.64. The monoisotopic (exact) mass is 477 g/mol. The average molecular weight is 478 g/mol. The molecule has 0 heterocycles. The summed E-state index contributed by atoms with van der Waals surface area (Å²) in [6.45, 7) is 6.57. The molecule has 0 aromatic heterocycles. The Balaban J connectivity index is 2.08. The largest absolute Gasteiger partial charge is 0.478 e. The van der Waals surface area contributed by atoms with Gasteiger partial charge in [-0.15, -0.1) is 0 Å². The first-order chi connectivity index (χ1) is 16.2. The lowest BCUT2D eigenvalue weighted by atomic mass is 10.0. The zero-order valence-electron chi connectivity index (χ0n) is 20.0. The van der Waals surface area contributed by atoms with Crippen molar-refractivity contribution in [3.05, 3.63) is 65.2 Å². The second-order valence-electron chi connectivity index (χ2n) is 8.20. The molecule has 2 rings (SSSR count). The number of hydrogen-bond donors (Lipinski definition) is 1. The fraction of sp³-hybridized carbons (Fsp3) is 0.462. The van der Waals surface area contributed by atoms with Gasteiger partial charge in [0.05, 0.1) is 13.0 Å². The van der Waals surface area contributed by atoms with E-state index in [0.717, 1.165) is 11.6 Å². The first-order valence-corrected chi connectivity index (χ1v) is 11.5. The topological polar surface area (TPSA) is 76.1 Å². The van der Waals surface area contributed by atoms with Crippen LogP contribution in [0, 0.1) is 11.6 Å². The second kappa shape index (κ2) is 13.0. The zero-order chi connectivity index (χ0) is 25.1. The number of carbonyl (C=O) groups is 2. The highest BCUT2D eigenvalue weighted by Gasteiger charge is 2.33. The Morgan fingerprint density at radius 3 is 2.44 bits per heavy atom. The van der Waals surface area contributed by atoms with Crippen molar-refractivity contribution in [1.29, 1.82) is 0 Å². The van der Waals surface area contributed by atoms with Crippen molar-refractivity contribution in [3.63, 3.8) is 0 Å². The molecule has 1 amide bonds. The Morgan fingerprint density at radius 1 is 1.06 bits per heavy atom. The Bertz CT molecular complexity index is 968. The maximum atomic E-state index is 14.0. The van der Waals surface area contributed by atoms with E-state index in [2.05, 4.69) is 0 Å². The van der Waals surface area contributed by atoms with Crippen LogP contribution in [-0.2, 0) is 27.2 Å². The molecule has 1 atom stereocenters. The summed E-state index contributed by atoms with van der Waals surface area (Å²) in [6.07, 6.45) is 1.26. The summed E-state index contributed by atoms with van der Waals surface area (Å²) in [5.74, 6) is -2.00. The minimum atomic E-state index is -1.33. The zero-order valence-corrected chi connectivity index (χ0v) is 20.0. The number of ether oxygens (including phenoxy) is 2. The van der Waals surface area contributed by atoms with Crippen molar-refractivity contribution in [2.75, 3.05) is 26.3 Å². The third-order valence-electron chi connectivity index (χ3n) is 5.72. The van der Waals surface area contributed by atoms with Crippen LogP contribution in [0.25, 0.3) is 0 Å². The molecule has 1 N–H and O–H groups in total. The molecule has 8 heteroatoms. The van der Waals surface area contributed by atoms with Crippen LogP contribution in [0.3, 0.4) is 0 Å². The molecule has 0 aliphatic heterocycles. The van der Waals surface area contributed by atoms with Crippen LogP contribution in [0.2, 0.25) is 0 Å². The number of carbonyl (C=O) groups excluding carboxylic acids is 1. The maximum absolute atomic E-state index is 14.0. The number of halogens is 2. The Labute approximate surface area is 199 Å². The number of aliphatic carboxylic acids is 1. The molecule has 6 nitrogen and oxygen atoms in total. The van der Waals surface area contributed by atoms with E-state index in [0.29, 0.717) is 43.9 Å². The van der Waals surface area contributed by atoms with Gasteiger partial charge in [-0.25, -0.2) is 13.6 Å². The molecule has 0 aliphatic rings. The summed E-state index contributed by atoms with van der Waals surface area (Å²) >= 11 is 0. The van der Waals surface area contributed by atoms with Gasteiger partial charge in [0.1, 0.15) is 17.4 Å². The van der Waals surface area contributed by atoms with Crippen LogP contribution >= 0.6 is 0 Å². The smallest absolute Gasteiger partial charge is 0.347 e. The van der Waals surface area contributed by atoms with Gasteiger partial charge in [0.2, 0.25) is 11.5 Å². The van der Waals surface area contributed by atoms with Gasteiger partial charge in [-0.05, 0) is 62.4 Å². The number of carboxylic acid groups (broad SMARTS) is 1. The second-order valence-corrected chi connectivity index (χ2v) is 8.20. The van der Waals surface area contributed by atoms with Gasteiger partial charge in [-0.3, -0.25) is 4.79 Å². The van der Waals surface area contributed by atoms with E-state index in [9.17, 15) is 23.5 Å². The van der Waals surface area contributed by atoms with Gasteiger partial charge in [0, 0.05) is 25.8 Å². The molecule has 2 aromatic rings. The fourth-order valence-corrected chi connectivity index (χ4v) is 3.36. The summed E-state index contributed by atoms with van der Waals surface area (Å²) in [7, 11) is 0. The van der Waals surface area contributed by atoms with E-state index < -0.39 is 23.2 Å². The van der Waals surface area contributed by atoms with Gasteiger partial charge >= 0.3 is 5.97 Å². The first kappa shape index (κ1) is 27.2. The number of amides is 1. The van der Waals surface area contributed by atoms with Crippen LogP contribution < -0.4 is 4.74 Å². The summed E-state index contributed by atoms with van der Waals surface area (Å²) in [5.41, 5.74) is -0.122. The minimum Gasteiger partial charge on any atom is -0.478 e. The fourth-order valence-electron chi connectivity index (χ4n) is 3.36.